The molecule has 7 heteroatoms. The summed E-state index contributed by atoms with van der Waals surface area (Å²) in [5, 5.41) is 8.21. The predicted molar refractivity (Wildman–Crippen MR) is 102 cm³/mol. The molecule has 2 heterocycles. The molecule has 4 rings (SSSR count). The van der Waals surface area contributed by atoms with Gasteiger partial charge in [0.05, 0.1) is 5.02 Å². The summed E-state index contributed by atoms with van der Waals surface area (Å²) >= 11 is 5.95. The first-order valence-electron chi connectivity index (χ1n) is 7.79. The second-order valence-corrected chi connectivity index (χ2v) is 5.98. The Morgan fingerprint density at radius 2 is 1.38 bits per heavy atom. The van der Waals surface area contributed by atoms with Crippen molar-refractivity contribution in [2.45, 2.75) is 6.92 Å². The summed E-state index contributed by atoms with van der Waals surface area (Å²) in [6.45, 7) is 2.04. The van der Waals surface area contributed by atoms with E-state index in [1.165, 1.54) is 5.56 Å². The molecule has 0 aliphatic rings. The van der Waals surface area contributed by atoms with E-state index in [9.17, 15) is 0 Å². The molecule has 0 amide bonds. The van der Waals surface area contributed by atoms with Crippen LogP contribution in [-0.2, 0) is 0 Å². The van der Waals surface area contributed by atoms with Crippen molar-refractivity contribution < 1.29 is 9.05 Å². The average Bonchev–Trinajstić information content (AvgIpc) is 3.25. The van der Waals surface area contributed by atoms with Crippen LogP contribution in [0.25, 0.3) is 22.5 Å². The SMILES string of the molecule is Cc1ccc(-c2cc(N)on2)cc1.Nc1cc(-c2ccccc2Cl)no1. The molecule has 0 unspecified atom stereocenters. The molecular weight excluding hydrogens is 352 g/mol. The minimum absolute atomic E-state index is 0.287. The molecule has 6 nitrogen and oxygen atoms in total. The van der Waals surface area contributed by atoms with Gasteiger partial charge in [0.25, 0.3) is 0 Å². The van der Waals surface area contributed by atoms with Gasteiger partial charge in [-0.3, -0.25) is 0 Å². The van der Waals surface area contributed by atoms with E-state index in [0.717, 1.165) is 16.8 Å². The number of hydrogen-bond donors (Lipinski definition) is 2. The first kappa shape index (κ1) is 17.6. The molecule has 4 aromatic rings. The first-order chi connectivity index (χ1) is 12.5. The molecule has 2 aromatic carbocycles. The van der Waals surface area contributed by atoms with Crippen molar-refractivity contribution in [3.8, 4) is 22.5 Å². The third kappa shape index (κ3) is 4.23. The Morgan fingerprint density at radius 3 is 1.92 bits per heavy atom. The maximum atomic E-state index is 5.95. The van der Waals surface area contributed by atoms with E-state index >= 15 is 0 Å². The summed E-state index contributed by atoms with van der Waals surface area (Å²) in [6.07, 6.45) is 0. The van der Waals surface area contributed by atoms with E-state index in [2.05, 4.69) is 10.3 Å². The van der Waals surface area contributed by atoms with Crippen molar-refractivity contribution in [2.24, 2.45) is 0 Å². The number of hydrogen-bond acceptors (Lipinski definition) is 6. The Hall–Kier alpha value is -3.25. The highest BCUT2D eigenvalue weighted by atomic mass is 35.5. The zero-order chi connectivity index (χ0) is 18.5. The van der Waals surface area contributed by atoms with Gasteiger partial charge in [-0.05, 0) is 13.0 Å². The maximum absolute atomic E-state index is 5.95. The summed E-state index contributed by atoms with van der Waals surface area (Å²) in [6, 6.07) is 18.8. The van der Waals surface area contributed by atoms with Gasteiger partial charge in [0.1, 0.15) is 11.4 Å². The molecule has 0 spiro atoms. The van der Waals surface area contributed by atoms with Crippen molar-refractivity contribution in [3.63, 3.8) is 0 Å². The van der Waals surface area contributed by atoms with Crippen molar-refractivity contribution >= 4 is 23.4 Å². The number of nitrogens with two attached hydrogens (primary N) is 2. The maximum Gasteiger partial charge on any atom is 0.222 e. The lowest BCUT2D eigenvalue weighted by atomic mass is 10.1. The van der Waals surface area contributed by atoms with E-state index in [-0.39, 0.29) is 5.88 Å². The van der Waals surface area contributed by atoms with Crippen LogP contribution in [0.2, 0.25) is 5.02 Å². The van der Waals surface area contributed by atoms with Crippen molar-refractivity contribution in [2.75, 3.05) is 11.5 Å². The molecule has 0 fully saturated rings. The van der Waals surface area contributed by atoms with Crippen LogP contribution in [-0.4, -0.2) is 10.3 Å². The Kier molecular flexibility index (Phi) is 5.24. The largest absolute Gasteiger partial charge is 0.368 e. The lowest BCUT2D eigenvalue weighted by Crippen LogP contribution is -1.78. The Morgan fingerprint density at radius 1 is 0.808 bits per heavy atom. The van der Waals surface area contributed by atoms with Crippen molar-refractivity contribution in [1.29, 1.82) is 0 Å². The average molecular weight is 369 g/mol. The van der Waals surface area contributed by atoms with Gasteiger partial charge >= 0.3 is 0 Å². The Balaban J connectivity index is 0.000000151. The predicted octanol–water partition coefficient (Wildman–Crippen LogP) is 4.81. The van der Waals surface area contributed by atoms with Crippen LogP contribution in [0.4, 0.5) is 11.8 Å². The monoisotopic (exact) mass is 368 g/mol. The minimum Gasteiger partial charge on any atom is -0.368 e. The zero-order valence-corrected chi connectivity index (χ0v) is 14.8. The Labute approximate surface area is 155 Å². The fourth-order valence-electron chi connectivity index (χ4n) is 2.23. The summed E-state index contributed by atoms with van der Waals surface area (Å²) in [4.78, 5) is 0. The lowest BCUT2D eigenvalue weighted by Gasteiger charge is -1.96. The van der Waals surface area contributed by atoms with Gasteiger partial charge < -0.3 is 20.5 Å². The number of aryl methyl sites for hydroxylation is 1. The van der Waals surface area contributed by atoms with Gasteiger partial charge in [-0.15, -0.1) is 0 Å². The topological polar surface area (TPSA) is 104 Å². The molecule has 0 atom stereocenters. The van der Waals surface area contributed by atoms with E-state index in [0.29, 0.717) is 16.6 Å². The van der Waals surface area contributed by atoms with E-state index in [1.807, 2.05) is 49.4 Å². The molecule has 4 N–H and O–H groups in total. The highest BCUT2D eigenvalue weighted by Crippen LogP contribution is 2.27. The van der Waals surface area contributed by atoms with Crippen LogP contribution in [0.3, 0.4) is 0 Å². The normalized spacial score (nSPS) is 10.2. The number of nitrogens with zero attached hydrogens (tertiary/aromatic N) is 2. The highest BCUT2D eigenvalue weighted by molar-refractivity contribution is 6.33. The van der Waals surface area contributed by atoms with Crippen LogP contribution in [0.15, 0.2) is 69.7 Å². The summed E-state index contributed by atoms with van der Waals surface area (Å²) in [5.41, 5.74) is 15.3. The second kappa shape index (κ2) is 7.76. The molecule has 0 saturated carbocycles. The smallest absolute Gasteiger partial charge is 0.222 e. The molecule has 0 aliphatic heterocycles. The van der Waals surface area contributed by atoms with E-state index < -0.39 is 0 Å². The van der Waals surface area contributed by atoms with Crippen LogP contribution < -0.4 is 11.5 Å². The molecular formula is C19H17ClN4O2. The third-order valence-corrected chi connectivity index (χ3v) is 3.88. The summed E-state index contributed by atoms with van der Waals surface area (Å²) < 4.78 is 9.52. The molecule has 0 bridgehead atoms. The molecule has 0 aliphatic carbocycles. The number of benzene rings is 2. The van der Waals surface area contributed by atoms with Crippen molar-refractivity contribution in [3.05, 3.63) is 71.2 Å². The van der Waals surface area contributed by atoms with Crippen LogP contribution >= 0.6 is 11.6 Å². The molecule has 2 aromatic heterocycles. The van der Waals surface area contributed by atoms with Crippen LogP contribution in [0, 0.1) is 6.92 Å². The fourth-order valence-corrected chi connectivity index (χ4v) is 2.47. The molecule has 132 valence electrons. The number of halogens is 1. The van der Waals surface area contributed by atoms with E-state index in [4.69, 9.17) is 32.1 Å². The standard InChI is InChI=1S/C10H10N2O.C9H7ClN2O/c1-7-2-4-8(5-3-7)9-6-10(11)13-12-9;10-7-4-2-1-3-6(7)8-5-9(11)13-12-8/h2-6H,11H2,1H3;1-5H,11H2. The van der Waals surface area contributed by atoms with Gasteiger partial charge in [-0.25, -0.2) is 0 Å². The fraction of sp³-hybridized carbons (Fsp3) is 0.0526. The summed E-state index contributed by atoms with van der Waals surface area (Å²) in [5.74, 6) is 0.630. The van der Waals surface area contributed by atoms with Crippen LogP contribution in [0.5, 0.6) is 0 Å². The van der Waals surface area contributed by atoms with Gasteiger partial charge in [0.15, 0.2) is 0 Å². The van der Waals surface area contributed by atoms with Crippen molar-refractivity contribution in [1.82, 2.24) is 10.3 Å². The van der Waals surface area contributed by atoms with E-state index in [1.54, 1.807) is 18.2 Å². The lowest BCUT2D eigenvalue weighted by molar-refractivity contribution is 0.439. The highest BCUT2D eigenvalue weighted by Gasteiger charge is 2.06. The van der Waals surface area contributed by atoms with Gasteiger partial charge in [-0.2, -0.15) is 0 Å². The molecule has 26 heavy (non-hydrogen) atoms. The van der Waals surface area contributed by atoms with Gasteiger partial charge in [0.2, 0.25) is 11.8 Å². The Bertz CT molecular complexity index is 993. The molecule has 0 saturated heterocycles. The van der Waals surface area contributed by atoms with Gasteiger partial charge in [-0.1, -0.05) is 69.9 Å². The number of rotatable bonds is 2. The van der Waals surface area contributed by atoms with Gasteiger partial charge in [0, 0.05) is 23.3 Å². The third-order valence-electron chi connectivity index (χ3n) is 3.55. The minimum atomic E-state index is 0.287. The number of nitrogen functional groups attached to an aromatic ring is 2. The first-order valence-corrected chi connectivity index (χ1v) is 8.17. The van der Waals surface area contributed by atoms with Crippen LogP contribution in [0.1, 0.15) is 5.56 Å². The molecule has 0 radical (unpaired) electrons. The zero-order valence-electron chi connectivity index (χ0n) is 14.0. The second-order valence-electron chi connectivity index (χ2n) is 5.57. The number of aromatic nitrogens is 2. The quantitative estimate of drug-likeness (QED) is 0.526. The number of anilines is 2. The summed E-state index contributed by atoms with van der Waals surface area (Å²) in [7, 11) is 0.